The smallest absolute Gasteiger partial charge is 0.167 e. The maximum Gasteiger partial charge on any atom is 0.167 e. The number of benzene rings is 1. The molecule has 0 bridgehead atoms. The third kappa shape index (κ3) is 1.69. The van der Waals surface area contributed by atoms with Gasteiger partial charge in [0, 0.05) is 16.7 Å². The number of fused-ring (bicyclic) bond motifs is 3. The highest BCUT2D eigenvalue weighted by Gasteiger charge is 2.32. The molecular formula is C13H15ClO3. The lowest BCUT2D eigenvalue weighted by molar-refractivity contribution is 0.130. The van der Waals surface area contributed by atoms with Gasteiger partial charge in [-0.05, 0) is 24.3 Å². The molecule has 4 heteroatoms. The minimum Gasteiger partial charge on any atom is -0.486 e. The number of halogens is 1. The topological polar surface area (TPSA) is 38.7 Å². The zero-order chi connectivity index (χ0) is 12.0. The highest BCUT2D eigenvalue weighted by Crippen LogP contribution is 2.50. The maximum atomic E-state index is 10.2. The van der Waals surface area contributed by atoms with E-state index >= 15 is 0 Å². The van der Waals surface area contributed by atoms with Crippen molar-refractivity contribution in [1.82, 2.24) is 0 Å². The van der Waals surface area contributed by atoms with Crippen LogP contribution < -0.4 is 9.47 Å². The molecule has 1 aromatic carbocycles. The molecule has 92 valence electrons. The first-order valence-electron chi connectivity index (χ1n) is 5.98. The van der Waals surface area contributed by atoms with Gasteiger partial charge < -0.3 is 14.6 Å². The van der Waals surface area contributed by atoms with Crippen molar-refractivity contribution in [3.63, 3.8) is 0 Å². The summed E-state index contributed by atoms with van der Waals surface area (Å²) in [5.74, 6) is 1.71. The van der Waals surface area contributed by atoms with Crippen molar-refractivity contribution >= 4 is 11.6 Å². The Bertz CT molecular complexity index is 458. The summed E-state index contributed by atoms with van der Waals surface area (Å²) >= 11 is 6.29. The van der Waals surface area contributed by atoms with Gasteiger partial charge >= 0.3 is 0 Å². The molecule has 1 aliphatic carbocycles. The predicted octanol–water partition coefficient (Wildman–Crippen LogP) is 3.04. The van der Waals surface area contributed by atoms with Gasteiger partial charge in [-0.1, -0.05) is 18.5 Å². The fourth-order valence-corrected chi connectivity index (χ4v) is 3.11. The lowest BCUT2D eigenvalue weighted by atomic mass is 9.81. The molecule has 1 aliphatic heterocycles. The number of hydrogen-bond acceptors (Lipinski definition) is 3. The number of hydrogen-bond donors (Lipinski definition) is 1. The fraction of sp³-hybridized carbons (Fsp3) is 0.538. The van der Waals surface area contributed by atoms with E-state index in [1.54, 1.807) is 0 Å². The Labute approximate surface area is 105 Å². The summed E-state index contributed by atoms with van der Waals surface area (Å²) in [5.41, 5.74) is 1.86. The molecule has 2 atom stereocenters. The lowest BCUT2D eigenvalue weighted by Gasteiger charge is -2.32. The first kappa shape index (κ1) is 11.2. The summed E-state index contributed by atoms with van der Waals surface area (Å²) in [6, 6.07) is 1.81. The van der Waals surface area contributed by atoms with Gasteiger partial charge in [-0.3, -0.25) is 0 Å². The Morgan fingerprint density at radius 3 is 2.82 bits per heavy atom. The summed E-state index contributed by atoms with van der Waals surface area (Å²) in [6.07, 6.45) is 1.22. The average molecular weight is 255 g/mol. The van der Waals surface area contributed by atoms with Crippen LogP contribution in [0.25, 0.3) is 0 Å². The molecule has 2 aliphatic rings. The molecule has 0 aromatic heterocycles. The third-order valence-electron chi connectivity index (χ3n) is 3.56. The SMILES string of the molecule is CC1CC[C@@H](O)c2c3c(cc(Cl)c21)OCCO3. The van der Waals surface area contributed by atoms with Gasteiger partial charge in [0.1, 0.15) is 13.2 Å². The summed E-state index contributed by atoms with van der Waals surface area (Å²) in [4.78, 5) is 0. The number of rotatable bonds is 0. The van der Waals surface area contributed by atoms with Crippen molar-refractivity contribution in [3.05, 3.63) is 22.2 Å². The minimum atomic E-state index is -0.490. The van der Waals surface area contributed by atoms with Crippen LogP contribution >= 0.6 is 11.6 Å². The zero-order valence-corrected chi connectivity index (χ0v) is 10.5. The molecule has 0 saturated carbocycles. The number of aliphatic hydroxyl groups is 1. The van der Waals surface area contributed by atoms with Crippen molar-refractivity contribution in [2.45, 2.75) is 31.8 Å². The normalized spacial score (nSPS) is 26.5. The lowest BCUT2D eigenvalue weighted by Crippen LogP contribution is -2.21. The predicted molar refractivity (Wildman–Crippen MR) is 65.1 cm³/mol. The maximum absolute atomic E-state index is 10.2. The van der Waals surface area contributed by atoms with E-state index in [2.05, 4.69) is 6.92 Å². The Morgan fingerprint density at radius 2 is 2.00 bits per heavy atom. The molecule has 0 saturated heterocycles. The molecule has 0 spiro atoms. The first-order chi connectivity index (χ1) is 8.18. The van der Waals surface area contributed by atoms with Crippen LogP contribution in [0, 0.1) is 0 Å². The van der Waals surface area contributed by atoms with Crippen LogP contribution in [0.5, 0.6) is 11.5 Å². The van der Waals surface area contributed by atoms with Crippen LogP contribution in [0.3, 0.4) is 0 Å². The number of ether oxygens (including phenoxy) is 2. The third-order valence-corrected chi connectivity index (χ3v) is 3.87. The van der Waals surface area contributed by atoms with Gasteiger partial charge in [0.25, 0.3) is 0 Å². The summed E-state index contributed by atoms with van der Waals surface area (Å²) in [6.45, 7) is 3.20. The fourth-order valence-electron chi connectivity index (χ4n) is 2.72. The van der Waals surface area contributed by atoms with Gasteiger partial charge in [-0.2, -0.15) is 0 Å². The highest BCUT2D eigenvalue weighted by atomic mass is 35.5. The second-order valence-corrected chi connectivity index (χ2v) is 5.11. The summed E-state index contributed by atoms with van der Waals surface area (Å²) < 4.78 is 11.2. The molecule has 3 rings (SSSR count). The number of aliphatic hydroxyl groups excluding tert-OH is 1. The van der Waals surface area contributed by atoms with E-state index in [9.17, 15) is 5.11 Å². The van der Waals surface area contributed by atoms with Crippen LogP contribution in [0.2, 0.25) is 5.02 Å². The second-order valence-electron chi connectivity index (χ2n) is 4.70. The molecular weight excluding hydrogens is 240 g/mol. The quantitative estimate of drug-likeness (QED) is 0.773. The minimum absolute atomic E-state index is 0.358. The Hall–Kier alpha value is -0.930. The largest absolute Gasteiger partial charge is 0.486 e. The Morgan fingerprint density at radius 1 is 1.24 bits per heavy atom. The van der Waals surface area contributed by atoms with Crippen molar-refractivity contribution in [1.29, 1.82) is 0 Å². The molecule has 17 heavy (non-hydrogen) atoms. The van der Waals surface area contributed by atoms with Crippen molar-refractivity contribution in [2.24, 2.45) is 0 Å². The van der Waals surface area contributed by atoms with Crippen molar-refractivity contribution in [3.8, 4) is 11.5 Å². The van der Waals surface area contributed by atoms with E-state index in [0.29, 0.717) is 35.7 Å². The van der Waals surface area contributed by atoms with Crippen LogP contribution in [-0.4, -0.2) is 18.3 Å². The summed E-state index contributed by atoms with van der Waals surface area (Å²) in [5, 5.41) is 10.8. The van der Waals surface area contributed by atoms with Gasteiger partial charge in [0.15, 0.2) is 11.5 Å². The van der Waals surface area contributed by atoms with Crippen molar-refractivity contribution in [2.75, 3.05) is 13.2 Å². The molecule has 0 amide bonds. The van der Waals surface area contributed by atoms with E-state index in [-0.39, 0.29) is 0 Å². The monoisotopic (exact) mass is 254 g/mol. The first-order valence-corrected chi connectivity index (χ1v) is 6.36. The molecule has 1 heterocycles. The van der Waals surface area contributed by atoms with E-state index in [4.69, 9.17) is 21.1 Å². The van der Waals surface area contributed by atoms with E-state index in [1.165, 1.54) is 0 Å². The molecule has 1 unspecified atom stereocenters. The van der Waals surface area contributed by atoms with Crippen LogP contribution in [0.15, 0.2) is 6.07 Å². The van der Waals surface area contributed by atoms with Gasteiger partial charge in [-0.15, -0.1) is 0 Å². The van der Waals surface area contributed by atoms with Gasteiger partial charge in [0.05, 0.1) is 6.10 Å². The standard InChI is InChI=1S/C13H15ClO3/c1-7-2-3-9(15)12-11(7)8(14)6-10-13(12)17-5-4-16-10/h6-7,9,15H,2-5H2,1H3/t7?,9-/m1/s1. The zero-order valence-electron chi connectivity index (χ0n) is 9.70. The van der Waals surface area contributed by atoms with E-state index < -0.39 is 6.10 Å². The second kappa shape index (κ2) is 4.07. The van der Waals surface area contributed by atoms with E-state index in [1.807, 2.05) is 6.07 Å². The molecule has 1 N–H and O–H groups in total. The Kier molecular flexibility index (Phi) is 2.68. The van der Waals surface area contributed by atoms with E-state index in [0.717, 1.165) is 24.0 Å². The van der Waals surface area contributed by atoms with Gasteiger partial charge in [0.2, 0.25) is 0 Å². The average Bonchev–Trinajstić information content (AvgIpc) is 2.33. The van der Waals surface area contributed by atoms with Crippen LogP contribution in [-0.2, 0) is 0 Å². The Balaban J connectivity index is 2.24. The molecule has 1 aromatic rings. The molecule has 0 radical (unpaired) electrons. The molecule has 0 fully saturated rings. The highest BCUT2D eigenvalue weighted by molar-refractivity contribution is 6.31. The molecule has 3 nitrogen and oxygen atoms in total. The van der Waals surface area contributed by atoms with Crippen LogP contribution in [0.4, 0.5) is 0 Å². The van der Waals surface area contributed by atoms with Crippen molar-refractivity contribution < 1.29 is 14.6 Å². The summed E-state index contributed by atoms with van der Waals surface area (Å²) in [7, 11) is 0. The van der Waals surface area contributed by atoms with Crippen LogP contribution in [0.1, 0.15) is 42.9 Å². The van der Waals surface area contributed by atoms with Gasteiger partial charge in [-0.25, -0.2) is 0 Å².